The average Bonchev–Trinajstić information content (AvgIpc) is 2.83. The van der Waals surface area contributed by atoms with E-state index in [0.717, 1.165) is 5.56 Å². The van der Waals surface area contributed by atoms with Crippen molar-refractivity contribution in [3.05, 3.63) is 97.9 Å². The van der Waals surface area contributed by atoms with Gasteiger partial charge in [0.2, 0.25) is 5.88 Å². The van der Waals surface area contributed by atoms with Gasteiger partial charge in [-0.25, -0.2) is 4.98 Å². The number of carbonyl (C=O) groups is 2. The molecular formula is C25H19Cl2N3O4. The maximum atomic E-state index is 12.8. The van der Waals surface area contributed by atoms with Gasteiger partial charge >= 0.3 is 0 Å². The second kappa shape index (κ2) is 10.1. The van der Waals surface area contributed by atoms with Crippen LogP contribution in [0.4, 0.5) is 5.69 Å². The standard InChI is InChI=1S/C25H19Cl2N3O4/c1-34-23-12-20-16(13-28-23)10-17(24(32)29-20)25(33)30-21-11-15(6-8-19(21)27)22(31)9-7-14-4-2-3-5-18(14)26/h2-6,8,10-13H,7,9H2,1H3,(H,29,32)(H,30,33). The van der Waals surface area contributed by atoms with Gasteiger partial charge < -0.3 is 15.0 Å². The number of benzene rings is 2. The highest BCUT2D eigenvalue weighted by Gasteiger charge is 2.16. The number of halogens is 2. The number of anilines is 1. The van der Waals surface area contributed by atoms with E-state index in [1.807, 2.05) is 18.2 Å². The Bertz CT molecular complexity index is 1470. The number of nitrogens with one attached hydrogen (secondary N) is 2. The number of carbonyl (C=O) groups excluding carboxylic acids is 2. The Morgan fingerprint density at radius 3 is 2.62 bits per heavy atom. The molecule has 2 aromatic heterocycles. The first-order valence-electron chi connectivity index (χ1n) is 10.3. The summed E-state index contributed by atoms with van der Waals surface area (Å²) in [5.41, 5.74) is 1.27. The van der Waals surface area contributed by atoms with Gasteiger partial charge in [0.15, 0.2) is 5.78 Å². The van der Waals surface area contributed by atoms with Crippen molar-refractivity contribution in [1.82, 2.24) is 9.97 Å². The molecule has 0 radical (unpaired) electrons. The van der Waals surface area contributed by atoms with E-state index in [9.17, 15) is 14.4 Å². The number of aryl methyl sites for hydroxylation is 1. The van der Waals surface area contributed by atoms with Crippen LogP contribution in [-0.4, -0.2) is 28.8 Å². The summed E-state index contributed by atoms with van der Waals surface area (Å²) in [5, 5.41) is 4.02. The monoisotopic (exact) mass is 495 g/mol. The summed E-state index contributed by atoms with van der Waals surface area (Å²) in [5.74, 6) is -0.458. The molecule has 4 rings (SSSR count). The molecule has 0 spiro atoms. The number of pyridine rings is 2. The molecule has 34 heavy (non-hydrogen) atoms. The van der Waals surface area contributed by atoms with Crippen LogP contribution in [0, 0.1) is 0 Å². The predicted molar refractivity (Wildman–Crippen MR) is 132 cm³/mol. The van der Waals surface area contributed by atoms with E-state index >= 15 is 0 Å². The molecule has 1 amide bonds. The van der Waals surface area contributed by atoms with E-state index in [4.69, 9.17) is 27.9 Å². The van der Waals surface area contributed by atoms with E-state index in [2.05, 4.69) is 15.3 Å². The van der Waals surface area contributed by atoms with Crippen LogP contribution in [0.2, 0.25) is 10.0 Å². The number of ketones is 1. The van der Waals surface area contributed by atoms with Crippen LogP contribution in [0.15, 0.2) is 65.6 Å². The van der Waals surface area contributed by atoms with Crippen LogP contribution in [0.3, 0.4) is 0 Å². The third kappa shape index (κ3) is 5.11. The summed E-state index contributed by atoms with van der Waals surface area (Å²) < 4.78 is 5.05. The van der Waals surface area contributed by atoms with Gasteiger partial charge in [-0.05, 0) is 42.3 Å². The maximum absolute atomic E-state index is 12.8. The fourth-order valence-electron chi connectivity index (χ4n) is 3.44. The topological polar surface area (TPSA) is 101 Å². The molecule has 0 bridgehead atoms. The third-order valence-corrected chi connectivity index (χ3v) is 5.97. The van der Waals surface area contributed by atoms with Crippen molar-refractivity contribution in [3.8, 4) is 5.88 Å². The minimum atomic E-state index is -0.665. The van der Waals surface area contributed by atoms with Crippen LogP contribution < -0.4 is 15.6 Å². The summed E-state index contributed by atoms with van der Waals surface area (Å²) in [6, 6.07) is 15.0. The number of aromatic nitrogens is 2. The maximum Gasteiger partial charge on any atom is 0.261 e. The number of rotatable bonds is 7. The first-order chi connectivity index (χ1) is 16.4. The molecule has 0 aliphatic rings. The lowest BCUT2D eigenvalue weighted by Gasteiger charge is -2.10. The van der Waals surface area contributed by atoms with Crippen molar-refractivity contribution < 1.29 is 14.3 Å². The van der Waals surface area contributed by atoms with Crippen LogP contribution in [0.5, 0.6) is 5.88 Å². The first-order valence-corrected chi connectivity index (χ1v) is 11.1. The molecule has 0 unspecified atom stereocenters. The zero-order chi connectivity index (χ0) is 24.2. The number of ether oxygens (including phenoxy) is 1. The molecular weight excluding hydrogens is 477 g/mol. The molecule has 0 saturated heterocycles. The highest BCUT2D eigenvalue weighted by Crippen LogP contribution is 2.25. The zero-order valence-corrected chi connectivity index (χ0v) is 19.5. The summed E-state index contributed by atoms with van der Waals surface area (Å²) in [6.45, 7) is 0. The molecule has 7 nitrogen and oxygen atoms in total. The van der Waals surface area contributed by atoms with Gasteiger partial charge in [0, 0.05) is 34.7 Å². The first kappa shape index (κ1) is 23.5. The van der Waals surface area contributed by atoms with Gasteiger partial charge in [-0.2, -0.15) is 0 Å². The van der Waals surface area contributed by atoms with Crippen molar-refractivity contribution in [2.45, 2.75) is 12.8 Å². The normalized spacial score (nSPS) is 10.8. The quantitative estimate of drug-likeness (QED) is 0.338. The fraction of sp³-hybridized carbons (Fsp3) is 0.120. The number of amides is 1. The fourth-order valence-corrected chi connectivity index (χ4v) is 3.83. The van der Waals surface area contributed by atoms with E-state index in [0.29, 0.717) is 33.8 Å². The molecule has 2 aromatic carbocycles. The zero-order valence-electron chi connectivity index (χ0n) is 18.0. The van der Waals surface area contributed by atoms with Crippen molar-refractivity contribution >= 4 is 51.5 Å². The highest BCUT2D eigenvalue weighted by atomic mass is 35.5. The molecule has 0 aliphatic heterocycles. The lowest BCUT2D eigenvalue weighted by Crippen LogP contribution is -2.23. The van der Waals surface area contributed by atoms with Gasteiger partial charge in [-0.3, -0.25) is 14.4 Å². The Balaban J connectivity index is 1.53. The third-order valence-electron chi connectivity index (χ3n) is 5.27. The van der Waals surface area contributed by atoms with Crippen molar-refractivity contribution in [3.63, 3.8) is 0 Å². The largest absolute Gasteiger partial charge is 0.481 e. The molecule has 0 fully saturated rings. The van der Waals surface area contributed by atoms with Crippen molar-refractivity contribution in [2.75, 3.05) is 12.4 Å². The molecule has 0 saturated carbocycles. The van der Waals surface area contributed by atoms with Gasteiger partial charge in [0.25, 0.3) is 11.5 Å². The minimum Gasteiger partial charge on any atom is -0.481 e. The molecule has 9 heteroatoms. The van der Waals surface area contributed by atoms with Crippen molar-refractivity contribution in [1.29, 1.82) is 0 Å². The molecule has 172 valence electrons. The number of Topliss-reactive ketones (excluding diaryl/α,β-unsaturated/α-hetero) is 1. The minimum absolute atomic E-state index is 0.119. The van der Waals surface area contributed by atoms with Gasteiger partial charge in [0.1, 0.15) is 5.56 Å². The van der Waals surface area contributed by atoms with Gasteiger partial charge in [-0.1, -0.05) is 41.4 Å². The van der Waals surface area contributed by atoms with E-state index in [1.165, 1.54) is 31.5 Å². The van der Waals surface area contributed by atoms with Gasteiger partial charge in [0.05, 0.1) is 23.3 Å². The Kier molecular flexibility index (Phi) is 6.95. The molecule has 4 aromatic rings. The van der Waals surface area contributed by atoms with Crippen LogP contribution >= 0.6 is 23.2 Å². The van der Waals surface area contributed by atoms with E-state index in [-0.39, 0.29) is 28.5 Å². The van der Waals surface area contributed by atoms with Crippen LogP contribution in [-0.2, 0) is 6.42 Å². The average molecular weight is 496 g/mol. The molecule has 0 atom stereocenters. The Morgan fingerprint density at radius 1 is 1.06 bits per heavy atom. The Morgan fingerprint density at radius 2 is 1.85 bits per heavy atom. The lowest BCUT2D eigenvalue weighted by molar-refractivity contribution is 0.0980. The van der Waals surface area contributed by atoms with Crippen molar-refractivity contribution in [2.24, 2.45) is 0 Å². The number of nitrogens with zero attached hydrogens (tertiary/aromatic N) is 1. The Hall–Kier alpha value is -3.68. The van der Waals surface area contributed by atoms with E-state index in [1.54, 1.807) is 18.2 Å². The summed E-state index contributed by atoms with van der Waals surface area (Å²) >= 11 is 12.4. The summed E-state index contributed by atoms with van der Waals surface area (Å²) in [6.07, 6.45) is 2.21. The van der Waals surface area contributed by atoms with E-state index < -0.39 is 11.5 Å². The predicted octanol–water partition coefficient (Wildman–Crippen LogP) is 5.31. The van der Waals surface area contributed by atoms with Gasteiger partial charge in [-0.15, -0.1) is 0 Å². The van der Waals surface area contributed by atoms with Crippen LogP contribution in [0.1, 0.15) is 32.7 Å². The SMILES string of the molecule is COc1cc2[nH]c(=O)c(C(=O)Nc3cc(C(=O)CCc4ccccc4Cl)ccc3Cl)cc2cn1. The Labute approximate surface area is 204 Å². The number of hydrogen-bond donors (Lipinski definition) is 2. The highest BCUT2D eigenvalue weighted by molar-refractivity contribution is 6.34. The number of hydrogen-bond acceptors (Lipinski definition) is 5. The molecule has 2 heterocycles. The second-order valence-electron chi connectivity index (χ2n) is 7.49. The number of aromatic amines is 1. The second-order valence-corrected chi connectivity index (χ2v) is 8.30. The number of methoxy groups -OCH3 is 1. The van der Waals surface area contributed by atoms with Crippen LogP contribution in [0.25, 0.3) is 10.9 Å². The lowest BCUT2D eigenvalue weighted by atomic mass is 10.0. The smallest absolute Gasteiger partial charge is 0.261 e. The number of fused-ring (bicyclic) bond motifs is 1. The summed E-state index contributed by atoms with van der Waals surface area (Å²) in [4.78, 5) is 44.8. The number of H-pyrrole nitrogens is 1. The summed E-state index contributed by atoms with van der Waals surface area (Å²) in [7, 11) is 1.47. The molecule has 2 N–H and O–H groups in total. The molecule has 0 aliphatic carbocycles.